The number of hydrogen-bond donors (Lipinski definition) is 1. The molecule has 1 aliphatic carbocycles. The minimum Gasteiger partial charge on any atom is -0.349 e. The molecule has 6 heteroatoms. The van der Waals surface area contributed by atoms with Crippen LogP contribution in [0, 0.1) is 11.7 Å². The van der Waals surface area contributed by atoms with Gasteiger partial charge in [0.2, 0.25) is 0 Å². The molecule has 1 saturated carbocycles. The molecule has 0 aromatic heterocycles. The number of amides is 1. The maximum atomic E-state index is 13.9. The van der Waals surface area contributed by atoms with E-state index >= 15 is 0 Å². The van der Waals surface area contributed by atoms with E-state index in [1.54, 1.807) is 0 Å². The van der Waals surface area contributed by atoms with Gasteiger partial charge in [0.1, 0.15) is 5.82 Å². The molecule has 1 N–H and O–H groups in total. The summed E-state index contributed by atoms with van der Waals surface area (Å²) in [4.78, 5) is 12.0. The molecule has 2 rings (SSSR count). The van der Waals surface area contributed by atoms with Gasteiger partial charge in [-0.1, -0.05) is 13.0 Å². The SMILES string of the molecule is CC1CCC(NC(=O)c2cccc(C(F)(F)F)c2F)CC1. The topological polar surface area (TPSA) is 29.1 Å². The van der Waals surface area contributed by atoms with Crippen molar-refractivity contribution in [1.29, 1.82) is 0 Å². The van der Waals surface area contributed by atoms with Crippen LogP contribution in [-0.2, 0) is 6.18 Å². The first-order valence-electron chi connectivity index (χ1n) is 6.95. The number of rotatable bonds is 2. The third-order valence-corrected chi connectivity index (χ3v) is 3.90. The largest absolute Gasteiger partial charge is 0.419 e. The predicted molar refractivity (Wildman–Crippen MR) is 70.3 cm³/mol. The highest BCUT2D eigenvalue weighted by Crippen LogP contribution is 2.32. The van der Waals surface area contributed by atoms with Gasteiger partial charge in [0, 0.05) is 6.04 Å². The number of alkyl halides is 3. The van der Waals surface area contributed by atoms with Gasteiger partial charge in [-0.15, -0.1) is 0 Å². The van der Waals surface area contributed by atoms with Crippen molar-refractivity contribution in [2.24, 2.45) is 5.92 Å². The van der Waals surface area contributed by atoms with E-state index in [9.17, 15) is 22.4 Å². The Labute approximate surface area is 120 Å². The van der Waals surface area contributed by atoms with Gasteiger partial charge in [-0.25, -0.2) is 4.39 Å². The van der Waals surface area contributed by atoms with E-state index in [-0.39, 0.29) is 6.04 Å². The van der Waals surface area contributed by atoms with Crippen LogP contribution in [0.25, 0.3) is 0 Å². The van der Waals surface area contributed by atoms with Gasteiger partial charge in [-0.2, -0.15) is 13.2 Å². The molecule has 0 unspecified atom stereocenters. The lowest BCUT2D eigenvalue weighted by Gasteiger charge is -2.27. The van der Waals surface area contributed by atoms with Crippen LogP contribution in [0.4, 0.5) is 17.6 Å². The van der Waals surface area contributed by atoms with Crippen molar-refractivity contribution in [3.63, 3.8) is 0 Å². The Morgan fingerprint density at radius 2 is 1.81 bits per heavy atom. The molecule has 0 atom stereocenters. The molecular formula is C15H17F4NO. The molecule has 1 aromatic carbocycles. The van der Waals surface area contributed by atoms with Gasteiger partial charge in [-0.3, -0.25) is 4.79 Å². The summed E-state index contributed by atoms with van der Waals surface area (Å²) in [5.41, 5.74) is -1.96. The summed E-state index contributed by atoms with van der Waals surface area (Å²) in [6.07, 6.45) is -1.35. The molecule has 0 bridgehead atoms. The standard InChI is InChI=1S/C15H17F4NO/c1-9-5-7-10(8-6-9)20-14(21)11-3-2-4-12(13(11)16)15(17,18)19/h2-4,9-10H,5-8H2,1H3,(H,20,21). The molecule has 0 spiro atoms. The lowest BCUT2D eigenvalue weighted by Crippen LogP contribution is -2.37. The summed E-state index contributed by atoms with van der Waals surface area (Å²) in [5, 5.41) is 2.63. The van der Waals surface area contributed by atoms with Crippen LogP contribution in [0.2, 0.25) is 0 Å². The van der Waals surface area contributed by atoms with Gasteiger partial charge in [0.15, 0.2) is 0 Å². The number of nitrogens with one attached hydrogen (secondary N) is 1. The quantitative estimate of drug-likeness (QED) is 0.817. The average molecular weight is 303 g/mol. The molecule has 0 heterocycles. The van der Waals surface area contributed by atoms with E-state index in [1.165, 1.54) is 0 Å². The maximum absolute atomic E-state index is 13.9. The van der Waals surface area contributed by atoms with E-state index in [1.807, 2.05) is 0 Å². The monoisotopic (exact) mass is 303 g/mol. The minimum absolute atomic E-state index is 0.0948. The van der Waals surface area contributed by atoms with E-state index in [4.69, 9.17) is 0 Å². The van der Waals surface area contributed by atoms with Gasteiger partial charge in [0.25, 0.3) is 5.91 Å². The van der Waals surface area contributed by atoms with Crippen molar-refractivity contribution >= 4 is 5.91 Å². The van der Waals surface area contributed by atoms with Crippen molar-refractivity contribution < 1.29 is 22.4 Å². The second kappa shape index (κ2) is 6.03. The zero-order valence-corrected chi connectivity index (χ0v) is 11.6. The average Bonchev–Trinajstić information content (AvgIpc) is 2.40. The normalized spacial score (nSPS) is 22.9. The first kappa shape index (κ1) is 15.8. The first-order chi connectivity index (χ1) is 9.79. The molecule has 1 amide bonds. The number of carbonyl (C=O) groups is 1. The van der Waals surface area contributed by atoms with Crippen LogP contribution in [0.5, 0.6) is 0 Å². The van der Waals surface area contributed by atoms with Gasteiger partial charge in [-0.05, 0) is 43.7 Å². The third-order valence-electron chi connectivity index (χ3n) is 3.90. The molecule has 0 aliphatic heterocycles. The van der Waals surface area contributed by atoms with E-state index in [2.05, 4.69) is 12.2 Å². The van der Waals surface area contributed by atoms with E-state index < -0.39 is 29.0 Å². The molecular weight excluding hydrogens is 286 g/mol. The van der Waals surface area contributed by atoms with Crippen LogP contribution in [0.1, 0.15) is 48.5 Å². The van der Waals surface area contributed by atoms with Crippen molar-refractivity contribution in [3.05, 3.63) is 35.1 Å². The molecule has 2 nitrogen and oxygen atoms in total. The zero-order chi connectivity index (χ0) is 15.6. The zero-order valence-electron chi connectivity index (χ0n) is 11.6. The molecule has 1 fully saturated rings. The minimum atomic E-state index is -4.80. The highest BCUT2D eigenvalue weighted by Gasteiger charge is 2.36. The Hall–Kier alpha value is -1.59. The maximum Gasteiger partial charge on any atom is 0.419 e. The second-order valence-corrected chi connectivity index (χ2v) is 5.60. The Kier molecular flexibility index (Phi) is 4.54. The van der Waals surface area contributed by atoms with Crippen LogP contribution < -0.4 is 5.32 Å². The number of benzene rings is 1. The summed E-state index contributed by atoms with van der Waals surface area (Å²) >= 11 is 0. The third kappa shape index (κ3) is 3.74. The lowest BCUT2D eigenvalue weighted by atomic mass is 9.87. The van der Waals surface area contributed by atoms with Crippen LogP contribution in [0.3, 0.4) is 0 Å². The van der Waals surface area contributed by atoms with E-state index in [0.717, 1.165) is 37.8 Å². The summed E-state index contributed by atoms with van der Waals surface area (Å²) in [7, 11) is 0. The van der Waals surface area contributed by atoms with Gasteiger partial charge >= 0.3 is 6.18 Å². The summed E-state index contributed by atoms with van der Waals surface area (Å²) in [6.45, 7) is 2.12. The first-order valence-corrected chi connectivity index (χ1v) is 6.95. The van der Waals surface area contributed by atoms with Crippen LogP contribution in [-0.4, -0.2) is 11.9 Å². The molecule has 21 heavy (non-hydrogen) atoms. The van der Waals surface area contributed by atoms with Crippen LogP contribution in [0.15, 0.2) is 18.2 Å². The van der Waals surface area contributed by atoms with E-state index in [0.29, 0.717) is 12.0 Å². The Bertz CT molecular complexity index is 519. The van der Waals surface area contributed by atoms with Crippen molar-refractivity contribution in [1.82, 2.24) is 5.32 Å². The van der Waals surface area contributed by atoms with Crippen molar-refractivity contribution in [2.75, 3.05) is 0 Å². The fourth-order valence-corrected chi connectivity index (χ4v) is 2.59. The molecule has 116 valence electrons. The highest BCUT2D eigenvalue weighted by atomic mass is 19.4. The van der Waals surface area contributed by atoms with Crippen molar-refractivity contribution in [3.8, 4) is 0 Å². The summed E-state index contributed by atoms with van der Waals surface area (Å²) in [6, 6.07) is 2.66. The molecule has 1 aliphatic rings. The fourth-order valence-electron chi connectivity index (χ4n) is 2.59. The second-order valence-electron chi connectivity index (χ2n) is 5.60. The molecule has 0 saturated heterocycles. The Balaban J connectivity index is 2.13. The van der Waals surface area contributed by atoms with Gasteiger partial charge in [0.05, 0.1) is 11.1 Å². The smallest absolute Gasteiger partial charge is 0.349 e. The predicted octanol–water partition coefficient (Wildman–Crippen LogP) is 4.15. The number of halogens is 4. The molecule has 1 aromatic rings. The lowest BCUT2D eigenvalue weighted by molar-refractivity contribution is -0.140. The van der Waals surface area contributed by atoms with Crippen molar-refractivity contribution in [2.45, 2.75) is 44.8 Å². The Morgan fingerprint density at radius 3 is 2.38 bits per heavy atom. The number of carbonyl (C=O) groups excluding carboxylic acids is 1. The fraction of sp³-hybridized carbons (Fsp3) is 0.533. The van der Waals surface area contributed by atoms with Gasteiger partial charge < -0.3 is 5.32 Å². The molecule has 0 radical (unpaired) electrons. The Morgan fingerprint density at radius 1 is 1.19 bits per heavy atom. The number of hydrogen-bond acceptors (Lipinski definition) is 1. The summed E-state index contributed by atoms with van der Waals surface area (Å²) < 4.78 is 51.7. The highest BCUT2D eigenvalue weighted by molar-refractivity contribution is 5.94. The summed E-state index contributed by atoms with van der Waals surface area (Å²) in [5.74, 6) is -1.70. The van der Waals surface area contributed by atoms with Crippen LogP contribution >= 0.6 is 0 Å².